The number of hydrogen-bond acceptors (Lipinski definition) is 5. The highest BCUT2D eigenvalue weighted by molar-refractivity contribution is 7.89. The molecule has 7 nitrogen and oxygen atoms in total. The number of sulfonamides is 1. The molecule has 1 aromatic rings. The molecular weight excluding hydrogens is 332 g/mol. The van der Waals surface area contributed by atoms with Crippen LogP contribution in [0.25, 0.3) is 0 Å². The highest BCUT2D eigenvalue weighted by atomic mass is 32.2. The molecule has 0 atom stereocenters. The molecule has 2 heterocycles. The summed E-state index contributed by atoms with van der Waals surface area (Å²) < 4.78 is 37.9. The third-order valence-electron chi connectivity index (χ3n) is 4.35. The van der Waals surface area contributed by atoms with Gasteiger partial charge in [-0.25, -0.2) is 13.1 Å². The minimum Gasteiger partial charge on any atom is -0.347 e. The first kappa shape index (κ1) is 17.3. The van der Waals surface area contributed by atoms with Gasteiger partial charge in [0.2, 0.25) is 10.0 Å². The number of likely N-dealkylation sites (tertiary alicyclic amines) is 1. The molecule has 0 saturated carbocycles. The summed E-state index contributed by atoms with van der Waals surface area (Å²) in [5.41, 5.74) is 0.373. The lowest BCUT2D eigenvalue weighted by Gasteiger charge is -2.37. The zero-order chi connectivity index (χ0) is 17.2. The zero-order valence-electron chi connectivity index (χ0n) is 13.7. The Morgan fingerprint density at radius 2 is 1.92 bits per heavy atom. The molecule has 0 unspecified atom stereocenters. The largest absolute Gasteiger partial charge is 0.347 e. The van der Waals surface area contributed by atoms with Gasteiger partial charge < -0.3 is 14.4 Å². The highest BCUT2D eigenvalue weighted by Gasteiger charge is 2.40. The molecule has 1 N–H and O–H groups in total. The molecule has 8 heteroatoms. The zero-order valence-corrected chi connectivity index (χ0v) is 14.5. The summed E-state index contributed by atoms with van der Waals surface area (Å²) in [6.45, 7) is 4.26. The average molecular weight is 354 g/mol. The number of ether oxygens (including phenoxy) is 2. The van der Waals surface area contributed by atoms with Gasteiger partial charge in [-0.1, -0.05) is 13.0 Å². The van der Waals surface area contributed by atoms with Crippen molar-refractivity contribution in [2.45, 2.75) is 30.4 Å². The summed E-state index contributed by atoms with van der Waals surface area (Å²) >= 11 is 0. The van der Waals surface area contributed by atoms with Gasteiger partial charge in [-0.05, 0) is 18.2 Å². The van der Waals surface area contributed by atoms with E-state index in [1.807, 2.05) is 0 Å². The van der Waals surface area contributed by atoms with Gasteiger partial charge >= 0.3 is 0 Å². The Balaban J connectivity index is 1.72. The molecule has 132 valence electrons. The monoisotopic (exact) mass is 354 g/mol. The molecule has 0 aromatic heterocycles. The summed E-state index contributed by atoms with van der Waals surface area (Å²) in [5.74, 6) is -0.705. The number of hydrogen-bond donors (Lipinski definition) is 1. The second-order valence-corrected chi connectivity index (χ2v) is 7.70. The molecule has 24 heavy (non-hydrogen) atoms. The normalized spacial score (nSPS) is 20.5. The number of carbonyl (C=O) groups excluding carboxylic acids is 1. The van der Waals surface area contributed by atoms with Crippen molar-refractivity contribution in [1.82, 2.24) is 9.62 Å². The Bertz CT molecular complexity index is 703. The fraction of sp³-hybridized carbons (Fsp3) is 0.562. The molecule has 2 saturated heterocycles. The molecule has 1 spiro atoms. The number of amides is 1. The Hall–Kier alpha value is -1.48. The van der Waals surface area contributed by atoms with Crippen molar-refractivity contribution in [3.05, 3.63) is 29.8 Å². The van der Waals surface area contributed by atoms with Crippen LogP contribution < -0.4 is 4.72 Å². The molecule has 3 rings (SSSR count). The quantitative estimate of drug-likeness (QED) is 0.871. The number of nitrogens with one attached hydrogen (secondary N) is 1. The molecule has 0 bridgehead atoms. The molecule has 2 fully saturated rings. The summed E-state index contributed by atoms with van der Waals surface area (Å²) in [4.78, 5) is 14.5. The fourth-order valence-electron chi connectivity index (χ4n) is 3.09. The van der Waals surface area contributed by atoms with Gasteiger partial charge in [0, 0.05) is 38.0 Å². The van der Waals surface area contributed by atoms with E-state index in [-0.39, 0.29) is 10.8 Å². The average Bonchev–Trinajstić information content (AvgIpc) is 3.03. The minimum absolute atomic E-state index is 0.103. The predicted molar refractivity (Wildman–Crippen MR) is 87.1 cm³/mol. The summed E-state index contributed by atoms with van der Waals surface area (Å²) in [7, 11) is -3.58. The van der Waals surface area contributed by atoms with Gasteiger partial charge in [-0.15, -0.1) is 0 Å². The van der Waals surface area contributed by atoms with E-state index >= 15 is 0 Å². The Kier molecular flexibility index (Phi) is 4.91. The van der Waals surface area contributed by atoms with Gasteiger partial charge in [0.15, 0.2) is 5.79 Å². The van der Waals surface area contributed by atoms with E-state index < -0.39 is 15.8 Å². The van der Waals surface area contributed by atoms with Crippen LogP contribution in [0, 0.1) is 0 Å². The van der Waals surface area contributed by atoms with Gasteiger partial charge in [0.1, 0.15) is 0 Å². The minimum atomic E-state index is -3.58. The van der Waals surface area contributed by atoms with Crippen LogP contribution in [0.5, 0.6) is 0 Å². The summed E-state index contributed by atoms with van der Waals surface area (Å²) in [6.07, 6.45) is 1.27. The molecular formula is C16H22N2O5S. The van der Waals surface area contributed by atoms with Crippen LogP contribution in [0.2, 0.25) is 0 Å². The number of benzene rings is 1. The van der Waals surface area contributed by atoms with Crippen molar-refractivity contribution in [3.63, 3.8) is 0 Å². The van der Waals surface area contributed by atoms with Crippen molar-refractivity contribution >= 4 is 15.9 Å². The maximum Gasteiger partial charge on any atom is 0.253 e. The third-order valence-corrected chi connectivity index (χ3v) is 5.89. The van der Waals surface area contributed by atoms with Crippen LogP contribution in [0.15, 0.2) is 29.2 Å². The topological polar surface area (TPSA) is 84.9 Å². The molecule has 0 aliphatic carbocycles. The van der Waals surface area contributed by atoms with Crippen molar-refractivity contribution in [1.29, 1.82) is 0 Å². The number of rotatable bonds is 4. The summed E-state index contributed by atoms with van der Waals surface area (Å²) in [6, 6.07) is 6.14. The smallest absolute Gasteiger partial charge is 0.253 e. The lowest BCUT2D eigenvalue weighted by molar-refractivity contribution is -0.181. The van der Waals surface area contributed by atoms with Crippen LogP contribution in [0.3, 0.4) is 0 Å². The molecule has 2 aliphatic heterocycles. The lowest BCUT2D eigenvalue weighted by Crippen LogP contribution is -2.47. The Labute approximate surface area is 142 Å². The van der Waals surface area contributed by atoms with E-state index in [2.05, 4.69) is 4.72 Å². The number of carbonyl (C=O) groups is 1. The van der Waals surface area contributed by atoms with Crippen LogP contribution in [0.4, 0.5) is 0 Å². The van der Waals surface area contributed by atoms with Crippen LogP contribution in [-0.2, 0) is 19.5 Å². The highest BCUT2D eigenvalue weighted by Crippen LogP contribution is 2.31. The number of piperidine rings is 1. The fourth-order valence-corrected chi connectivity index (χ4v) is 4.17. The SMILES string of the molecule is CCNS(=O)(=O)c1cccc(C(=O)N2CCC3(CC2)OCCO3)c1. The molecule has 0 radical (unpaired) electrons. The van der Waals surface area contributed by atoms with Crippen LogP contribution in [-0.4, -0.2) is 57.9 Å². The van der Waals surface area contributed by atoms with Gasteiger partial charge in [-0.2, -0.15) is 0 Å². The molecule has 1 aromatic carbocycles. The second-order valence-electron chi connectivity index (χ2n) is 5.93. The maximum absolute atomic E-state index is 12.7. The van der Waals surface area contributed by atoms with E-state index in [1.165, 1.54) is 12.1 Å². The lowest BCUT2D eigenvalue weighted by atomic mass is 10.0. The van der Waals surface area contributed by atoms with E-state index in [1.54, 1.807) is 24.0 Å². The molecule has 2 aliphatic rings. The van der Waals surface area contributed by atoms with Gasteiger partial charge in [0.05, 0.1) is 18.1 Å². The number of nitrogens with zero attached hydrogens (tertiary/aromatic N) is 1. The maximum atomic E-state index is 12.7. The van der Waals surface area contributed by atoms with Crippen molar-refractivity contribution in [2.24, 2.45) is 0 Å². The summed E-state index contributed by atoms with van der Waals surface area (Å²) in [5, 5.41) is 0. The van der Waals surface area contributed by atoms with Crippen LogP contribution in [0.1, 0.15) is 30.1 Å². The first-order chi connectivity index (χ1) is 11.5. The van der Waals surface area contributed by atoms with Gasteiger partial charge in [-0.3, -0.25) is 4.79 Å². The first-order valence-electron chi connectivity index (χ1n) is 8.13. The Morgan fingerprint density at radius 3 is 2.54 bits per heavy atom. The first-order valence-corrected chi connectivity index (χ1v) is 9.61. The van der Waals surface area contributed by atoms with Gasteiger partial charge in [0.25, 0.3) is 5.91 Å². The predicted octanol–water partition coefficient (Wildman–Crippen LogP) is 0.964. The Morgan fingerprint density at radius 1 is 1.25 bits per heavy atom. The van der Waals surface area contributed by atoms with Crippen molar-refractivity contribution < 1.29 is 22.7 Å². The van der Waals surface area contributed by atoms with E-state index in [4.69, 9.17) is 9.47 Å². The van der Waals surface area contributed by atoms with Crippen molar-refractivity contribution in [2.75, 3.05) is 32.8 Å². The molecule has 1 amide bonds. The van der Waals surface area contributed by atoms with E-state index in [0.717, 1.165) is 0 Å². The van der Waals surface area contributed by atoms with Crippen molar-refractivity contribution in [3.8, 4) is 0 Å². The van der Waals surface area contributed by atoms with E-state index in [9.17, 15) is 13.2 Å². The second kappa shape index (κ2) is 6.79. The standard InChI is InChI=1S/C16H22N2O5S/c1-2-17-24(20,21)14-5-3-4-13(12-14)15(19)18-8-6-16(7-9-18)22-10-11-23-16/h3-5,12,17H,2,6-11H2,1H3. The van der Waals surface area contributed by atoms with Crippen LogP contribution >= 0.6 is 0 Å². The van der Waals surface area contributed by atoms with E-state index in [0.29, 0.717) is 51.3 Å². The third kappa shape index (κ3) is 3.46.